The van der Waals surface area contributed by atoms with Crippen molar-refractivity contribution in [2.24, 2.45) is 0 Å². The Bertz CT molecular complexity index is 1180. The minimum atomic E-state index is -0.695. The van der Waals surface area contributed by atoms with Crippen LogP contribution in [0.15, 0.2) is 71.6 Å². The zero-order valence-corrected chi connectivity index (χ0v) is 20.0. The van der Waals surface area contributed by atoms with Crippen LogP contribution in [0.4, 0.5) is 8.78 Å². The topological polar surface area (TPSA) is 29.5 Å². The predicted octanol–water partition coefficient (Wildman–Crippen LogP) is 7.13. The second kappa shape index (κ2) is 9.96. The van der Waals surface area contributed by atoms with Crippen LogP contribution in [0.5, 0.6) is 5.75 Å². The van der Waals surface area contributed by atoms with Gasteiger partial charge in [-0.2, -0.15) is 0 Å². The lowest BCUT2D eigenvalue weighted by molar-refractivity contribution is 0.0349. The van der Waals surface area contributed by atoms with Crippen LogP contribution in [0.1, 0.15) is 41.6 Å². The maximum absolute atomic E-state index is 14.0. The summed E-state index contributed by atoms with van der Waals surface area (Å²) in [7, 11) is 0. The fourth-order valence-corrected chi connectivity index (χ4v) is 6.09. The molecule has 34 heavy (non-hydrogen) atoms. The van der Waals surface area contributed by atoms with Gasteiger partial charge in [0.15, 0.2) is 11.6 Å². The van der Waals surface area contributed by atoms with E-state index >= 15 is 0 Å². The normalized spacial score (nSPS) is 21.5. The molecule has 2 unspecified atom stereocenters. The molecule has 0 spiro atoms. The Morgan fingerprint density at radius 1 is 1.00 bits per heavy atom. The molecule has 0 N–H and O–H groups in total. The molecule has 0 saturated carbocycles. The fraction of sp³-hybridized carbons (Fsp3) is 0.296. The van der Waals surface area contributed by atoms with Gasteiger partial charge < -0.3 is 9.64 Å². The summed E-state index contributed by atoms with van der Waals surface area (Å²) in [5.41, 5.74) is 1.82. The average Bonchev–Trinajstić information content (AvgIpc) is 3.09. The summed E-state index contributed by atoms with van der Waals surface area (Å²) < 4.78 is 33.0. The molecule has 2 fully saturated rings. The zero-order chi connectivity index (χ0) is 23.7. The molecule has 3 nitrogen and oxygen atoms in total. The van der Waals surface area contributed by atoms with Crippen LogP contribution in [0.25, 0.3) is 0 Å². The van der Waals surface area contributed by atoms with Gasteiger partial charge in [-0.25, -0.2) is 8.78 Å². The van der Waals surface area contributed by atoms with E-state index in [4.69, 9.17) is 16.3 Å². The van der Waals surface area contributed by atoms with Crippen LogP contribution in [0.2, 0.25) is 5.02 Å². The second-order valence-corrected chi connectivity index (χ2v) is 10.3. The Balaban J connectivity index is 1.20. The van der Waals surface area contributed by atoms with Crippen LogP contribution in [0.3, 0.4) is 0 Å². The molecule has 2 aliphatic rings. The Hall–Kier alpha value is -2.57. The summed E-state index contributed by atoms with van der Waals surface area (Å²) in [6.45, 7) is 0. The number of amides is 1. The zero-order valence-electron chi connectivity index (χ0n) is 18.4. The van der Waals surface area contributed by atoms with Gasteiger partial charge in [0.2, 0.25) is 0 Å². The number of hydrogen-bond donors (Lipinski definition) is 0. The minimum Gasteiger partial charge on any atom is -0.487 e. The third kappa shape index (κ3) is 5.08. The molecule has 5 rings (SSSR count). The van der Waals surface area contributed by atoms with Gasteiger partial charge in [-0.05, 0) is 60.9 Å². The van der Waals surface area contributed by atoms with Crippen LogP contribution >= 0.6 is 23.4 Å². The van der Waals surface area contributed by atoms with E-state index in [0.717, 1.165) is 40.1 Å². The lowest BCUT2D eigenvalue weighted by Gasteiger charge is -2.39. The monoisotopic (exact) mass is 499 g/mol. The van der Waals surface area contributed by atoms with Crippen molar-refractivity contribution in [3.63, 3.8) is 0 Å². The van der Waals surface area contributed by atoms with E-state index in [9.17, 15) is 13.6 Å². The third-order valence-corrected chi connectivity index (χ3v) is 7.81. The number of thioether (sulfide) groups is 1. The first-order valence-corrected chi connectivity index (χ1v) is 12.7. The summed E-state index contributed by atoms with van der Waals surface area (Å²) in [4.78, 5) is 16.4. The maximum atomic E-state index is 14.0. The first kappa shape index (κ1) is 23.2. The van der Waals surface area contributed by atoms with Gasteiger partial charge in [0.05, 0.1) is 0 Å². The molecule has 7 heteroatoms. The molecule has 0 aliphatic carbocycles. The van der Waals surface area contributed by atoms with Gasteiger partial charge in [-0.15, -0.1) is 11.8 Å². The molecule has 2 saturated heterocycles. The Labute approximate surface area is 207 Å². The first-order chi connectivity index (χ1) is 16.5. The van der Waals surface area contributed by atoms with Crippen molar-refractivity contribution in [3.05, 3.63) is 94.5 Å². The highest BCUT2D eigenvalue weighted by Crippen LogP contribution is 2.38. The Morgan fingerprint density at radius 2 is 1.74 bits per heavy atom. The minimum absolute atomic E-state index is 0.0351. The Kier molecular flexibility index (Phi) is 6.79. The largest absolute Gasteiger partial charge is 0.487 e. The maximum Gasteiger partial charge on any atom is 0.254 e. The number of nitrogens with zero attached hydrogens (tertiary/aromatic N) is 1. The van der Waals surface area contributed by atoms with Crippen molar-refractivity contribution in [3.8, 4) is 5.75 Å². The van der Waals surface area contributed by atoms with E-state index in [0.29, 0.717) is 18.4 Å². The van der Waals surface area contributed by atoms with E-state index < -0.39 is 11.6 Å². The molecule has 2 aliphatic heterocycles. The van der Waals surface area contributed by atoms with E-state index in [2.05, 4.69) is 0 Å². The average molecular weight is 500 g/mol. The first-order valence-electron chi connectivity index (χ1n) is 11.4. The molecule has 0 aromatic heterocycles. The van der Waals surface area contributed by atoms with Crippen molar-refractivity contribution in [1.82, 2.24) is 4.90 Å². The number of piperidine rings is 1. The number of carbonyl (C=O) groups is 1. The number of rotatable bonds is 6. The molecule has 0 radical (unpaired) electrons. The standard InChI is InChI=1S/C27H24ClF2NO2S/c28-19-2-1-3-24(12-19)34-16-17-4-6-18(7-5-17)27(32)31-21-9-10-22(31)15-23(14-21)33-26-11-8-20(29)13-25(26)30/h1-8,11-13,21-23H,9-10,14-16H2. The predicted molar refractivity (Wildman–Crippen MR) is 130 cm³/mol. The summed E-state index contributed by atoms with van der Waals surface area (Å²) in [6, 6.07) is 19.0. The SMILES string of the molecule is O=C(c1ccc(CSc2cccc(Cl)c2)cc1)N1C2CCC1CC(Oc1ccc(F)cc1F)C2. The van der Waals surface area contributed by atoms with Gasteiger partial charge in [0.25, 0.3) is 5.91 Å². The molecular formula is C27H24ClF2NO2S. The van der Waals surface area contributed by atoms with Crippen molar-refractivity contribution >= 4 is 29.3 Å². The lowest BCUT2D eigenvalue weighted by atomic mass is 9.98. The third-order valence-electron chi connectivity index (χ3n) is 6.51. The molecule has 3 aromatic carbocycles. The van der Waals surface area contributed by atoms with Crippen molar-refractivity contribution in [2.75, 3.05) is 0 Å². The molecule has 176 valence electrons. The van der Waals surface area contributed by atoms with Crippen molar-refractivity contribution in [2.45, 2.75) is 54.5 Å². The van der Waals surface area contributed by atoms with Gasteiger partial charge in [-0.3, -0.25) is 4.79 Å². The molecule has 3 aromatic rings. The number of fused-ring (bicyclic) bond motifs is 2. The van der Waals surface area contributed by atoms with Gasteiger partial charge in [0, 0.05) is 52.2 Å². The van der Waals surface area contributed by atoms with Crippen LogP contribution < -0.4 is 4.74 Å². The lowest BCUT2D eigenvalue weighted by Crippen LogP contribution is -2.49. The highest BCUT2D eigenvalue weighted by molar-refractivity contribution is 7.98. The van der Waals surface area contributed by atoms with Gasteiger partial charge >= 0.3 is 0 Å². The number of halogens is 3. The molecule has 2 bridgehead atoms. The van der Waals surface area contributed by atoms with Crippen LogP contribution in [-0.4, -0.2) is 29.0 Å². The molecule has 1 amide bonds. The summed E-state index contributed by atoms with van der Waals surface area (Å²) in [5, 5.41) is 0.720. The highest BCUT2D eigenvalue weighted by Gasteiger charge is 2.44. The summed E-state index contributed by atoms with van der Waals surface area (Å²) in [5.74, 6) is -0.424. The smallest absolute Gasteiger partial charge is 0.254 e. The Morgan fingerprint density at radius 3 is 2.41 bits per heavy atom. The fourth-order valence-electron chi connectivity index (χ4n) is 4.92. The van der Waals surface area contributed by atoms with E-state index in [1.54, 1.807) is 11.8 Å². The molecule has 2 heterocycles. The number of hydrogen-bond acceptors (Lipinski definition) is 3. The number of benzene rings is 3. The van der Waals surface area contributed by atoms with E-state index in [1.807, 2.05) is 53.4 Å². The number of carbonyl (C=O) groups excluding carboxylic acids is 1. The van der Waals surface area contributed by atoms with Crippen molar-refractivity contribution in [1.29, 1.82) is 0 Å². The number of ether oxygens (including phenoxy) is 1. The highest BCUT2D eigenvalue weighted by atomic mass is 35.5. The van der Waals surface area contributed by atoms with Gasteiger partial charge in [0.1, 0.15) is 11.9 Å². The molecular weight excluding hydrogens is 476 g/mol. The van der Waals surface area contributed by atoms with Crippen LogP contribution in [-0.2, 0) is 5.75 Å². The molecule has 2 atom stereocenters. The van der Waals surface area contributed by atoms with E-state index in [1.165, 1.54) is 12.1 Å². The van der Waals surface area contributed by atoms with Crippen molar-refractivity contribution < 1.29 is 18.3 Å². The summed E-state index contributed by atoms with van der Waals surface area (Å²) >= 11 is 7.76. The second-order valence-electron chi connectivity index (χ2n) is 8.83. The summed E-state index contributed by atoms with van der Waals surface area (Å²) in [6.07, 6.45) is 2.93. The van der Waals surface area contributed by atoms with Gasteiger partial charge in [-0.1, -0.05) is 29.8 Å². The van der Waals surface area contributed by atoms with E-state index in [-0.39, 0.29) is 29.8 Å². The quantitative estimate of drug-likeness (QED) is 0.338. The van der Waals surface area contributed by atoms with Crippen LogP contribution in [0, 0.1) is 11.6 Å².